The Morgan fingerprint density at radius 1 is 1.53 bits per heavy atom. The molecule has 4 N–H and O–H groups in total. The second-order valence-electron chi connectivity index (χ2n) is 5.45. The number of ether oxygens (including phenoxy) is 1. The molecular formula is C12H24N2O3. The van der Waals surface area contributed by atoms with Gasteiger partial charge >= 0.3 is 0 Å². The highest BCUT2D eigenvalue weighted by Gasteiger charge is 2.41. The van der Waals surface area contributed by atoms with E-state index in [1.54, 1.807) is 20.8 Å². The summed E-state index contributed by atoms with van der Waals surface area (Å²) in [5.41, 5.74) is 4.58. The van der Waals surface area contributed by atoms with Crippen molar-refractivity contribution in [2.75, 3.05) is 19.8 Å². The second kappa shape index (κ2) is 5.33. The van der Waals surface area contributed by atoms with Gasteiger partial charge in [-0.3, -0.25) is 4.79 Å². The normalized spacial score (nSPS) is 21.9. The van der Waals surface area contributed by atoms with Crippen molar-refractivity contribution in [2.45, 2.75) is 45.3 Å². The third kappa shape index (κ3) is 3.18. The molecule has 100 valence electrons. The molecule has 1 saturated heterocycles. The van der Waals surface area contributed by atoms with Gasteiger partial charge in [0.2, 0.25) is 5.91 Å². The van der Waals surface area contributed by atoms with E-state index in [0.717, 1.165) is 0 Å². The number of amides is 1. The lowest BCUT2D eigenvalue weighted by Crippen LogP contribution is -2.58. The number of aliphatic hydroxyl groups excluding tert-OH is 1. The van der Waals surface area contributed by atoms with Crippen LogP contribution in [0.2, 0.25) is 0 Å². The zero-order valence-electron chi connectivity index (χ0n) is 11.0. The summed E-state index contributed by atoms with van der Waals surface area (Å²) in [6.45, 7) is 6.73. The number of hydrogen-bond donors (Lipinski definition) is 3. The lowest BCUT2D eigenvalue weighted by molar-refractivity contribution is -0.139. The fraction of sp³-hybridized carbons (Fsp3) is 0.917. The van der Waals surface area contributed by atoms with Crippen molar-refractivity contribution in [1.29, 1.82) is 0 Å². The van der Waals surface area contributed by atoms with Gasteiger partial charge in [0.15, 0.2) is 0 Å². The Morgan fingerprint density at radius 3 is 2.47 bits per heavy atom. The summed E-state index contributed by atoms with van der Waals surface area (Å²) in [5.74, 6) is -0.0748. The van der Waals surface area contributed by atoms with Crippen molar-refractivity contribution < 1.29 is 14.6 Å². The van der Waals surface area contributed by atoms with Crippen molar-refractivity contribution in [3.63, 3.8) is 0 Å². The predicted octanol–water partition coefficient (Wildman–Crippen LogP) is 0.0175. The van der Waals surface area contributed by atoms with E-state index in [0.29, 0.717) is 32.6 Å². The average Bonchev–Trinajstić information content (AvgIpc) is 2.29. The smallest absolute Gasteiger partial charge is 0.228 e. The highest BCUT2D eigenvalue weighted by Crippen LogP contribution is 2.30. The summed E-state index contributed by atoms with van der Waals surface area (Å²) in [4.78, 5) is 12.3. The topological polar surface area (TPSA) is 84.6 Å². The van der Waals surface area contributed by atoms with E-state index in [2.05, 4.69) is 5.32 Å². The summed E-state index contributed by atoms with van der Waals surface area (Å²) < 4.78 is 5.27. The zero-order valence-corrected chi connectivity index (χ0v) is 11.0. The first kappa shape index (κ1) is 14.4. The van der Waals surface area contributed by atoms with Crippen LogP contribution in [0.25, 0.3) is 0 Å². The minimum Gasteiger partial charge on any atom is -0.391 e. The summed E-state index contributed by atoms with van der Waals surface area (Å²) in [6, 6.07) is 0. The highest BCUT2D eigenvalue weighted by atomic mass is 16.5. The largest absolute Gasteiger partial charge is 0.391 e. The first-order chi connectivity index (χ1) is 7.84. The van der Waals surface area contributed by atoms with Crippen molar-refractivity contribution in [2.24, 2.45) is 11.1 Å². The zero-order chi connectivity index (χ0) is 13.1. The molecule has 0 aromatic rings. The molecule has 1 amide bonds. The molecule has 0 aromatic heterocycles. The average molecular weight is 244 g/mol. The SMILES string of the molecule is CC(O)C(C)(C)NC(=O)C1(CN)CCOCC1. The van der Waals surface area contributed by atoms with E-state index in [-0.39, 0.29) is 5.91 Å². The third-order valence-corrected chi connectivity index (χ3v) is 3.80. The van der Waals surface area contributed by atoms with Gasteiger partial charge in [-0.05, 0) is 33.6 Å². The Balaban J connectivity index is 2.73. The van der Waals surface area contributed by atoms with Crippen LogP contribution < -0.4 is 11.1 Å². The summed E-state index contributed by atoms with van der Waals surface area (Å²) in [5, 5.41) is 12.5. The van der Waals surface area contributed by atoms with Crippen LogP contribution in [0.15, 0.2) is 0 Å². The van der Waals surface area contributed by atoms with Crippen LogP contribution in [0.3, 0.4) is 0 Å². The first-order valence-electron chi connectivity index (χ1n) is 6.12. The van der Waals surface area contributed by atoms with Gasteiger partial charge < -0.3 is 20.9 Å². The maximum atomic E-state index is 12.3. The first-order valence-corrected chi connectivity index (χ1v) is 6.12. The van der Waals surface area contributed by atoms with Gasteiger partial charge in [0, 0.05) is 19.8 Å². The van der Waals surface area contributed by atoms with E-state index in [1.807, 2.05) is 0 Å². The number of aliphatic hydroxyl groups is 1. The molecule has 1 atom stereocenters. The number of carbonyl (C=O) groups excluding carboxylic acids is 1. The van der Waals surface area contributed by atoms with Crippen molar-refractivity contribution >= 4 is 5.91 Å². The fourth-order valence-electron chi connectivity index (χ4n) is 1.82. The molecule has 0 aromatic carbocycles. The number of nitrogens with one attached hydrogen (secondary N) is 1. The molecule has 1 heterocycles. The minimum atomic E-state index is -0.641. The molecule has 1 fully saturated rings. The molecule has 0 saturated carbocycles. The van der Waals surface area contributed by atoms with Gasteiger partial charge in [0.25, 0.3) is 0 Å². The Labute approximate surface area is 103 Å². The van der Waals surface area contributed by atoms with Crippen LogP contribution in [0.5, 0.6) is 0 Å². The van der Waals surface area contributed by atoms with Crippen molar-refractivity contribution in [3.05, 3.63) is 0 Å². The van der Waals surface area contributed by atoms with Crippen LogP contribution in [-0.2, 0) is 9.53 Å². The maximum Gasteiger partial charge on any atom is 0.228 e. The maximum absolute atomic E-state index is 12.3. The molecule has 1 aliphatic heterocycles. The van der Waals surface area contributed by atoms with E-state index < -0.39 is 17.1 Å². The predicted molar refractivity (Wildman–Crippen MR) is 65.4 cm³/mol. The summed E-state index contributed by atoms with van der Waals surface area (Å²) in [7, 11) is 0. The van der Waals surface area contributed by atoms with Crippen molar-refractivity contribution in [3.8, 4) is 0 Å². The molecular weight excluding hydrogens is 220 g/mol. The summed E-state index contributed by atoms with van der Waals surface area (Å²) >= 11 is 0. The Bertz CT molecular complexity index is 271. The summed E-state index contributed by atoms with van der Waals surface area (Å²) in [6.07, 6.45) is 0.678. The highest BCUT2D eigenvalue weighted by molar-refractivity contribution is 5.83. The molecule has 0 aliphatic carbocycles. The molecule has 0 radical (unpaired) electrons. The van der Waals surface area contributed by atoms with E-state index >= 15 is 0 Å². The Hall–Kier alpha value is -0.650. The van der Waals surface area contributed by atoms with Gasteiger partial charge in [-0.1, -0.05) is 0 Å². The van der Waals surface area contributed by atoms with E-state index in [9.17, 15) is 9.90 Å². The number of rotatable bonds is 4. The van der Waals surface area contributed by atoms with Gasteiger partial charge in [-0.25, -0.2) is 0 Å². The Kier molecular flexibility index (Phi) is 4.52. The Morgan fingerprint density at radius 2 is 2.06 bits per heavy atom. The van der Waals surface area contributed by atoms with Gasteiger partial charge in [-0.15, -0.1) is 0 Å². The van der Waals surface area contributed by atoms with Crippen molar-refractivity contribution in [1.82, 2.24) is 5.32 Å². The second-order valence-corrected chi connectivity index (χ2v) is 5.45. The monoisotopic (exact) mass is 244 g/mol. The minimum absolute atomic E-state index is 0.0748. The molecule has 1 unspecified atom stereocenters. The van der Waals surface area contributed by atoms with E-state index in [1.165, 1.54) is 0 Å². The number of nitrogens with two attached hydrogens (primary N) is 1. The quantitative estimate of drug-likeness (QED) is 0.651. The molecule has 5 heteroatoms. The molecule has 17 heavy (non-hydrogen) atoms. The van der Waals surface area contributed by atoms with Crippen LogP contribution in [0.1, 0.15) is 33.6 Å². The van der Waals surface area contributed by atoms with Crippen LogP contribution in [0, 0.1) is 5.41 Å². The number of hydrogen-bond acceptors (Lipinski definition) is 4. The standard InChI is InChI=1S/C12H24N2O3/c1-9(15)11(2,3)14-10(16)12(8-13)4-6-17-7-5-12/h9,15H,4-8,13H2,1-3H3,(H,14,16). The fourth-order valence-corrected chi connectivity index (χ4v) is 1.82. The van der Waals surface area contributed by atoms with Crippen LogP contribution >= 0.6 is 0 Å². The van der Waals surface area contributed by atoms with E-state index in [4.69, 9.17) is 10.5 Å². The molecule has 1 aliphatic rings. The number of carbonyl (C=O) groups is 1. The van der Waals surface area contributed by atoms with Crippen LogP contribution in [-0.4, -0.2) is 42.4 Å². The molecule has 0 spiro atoms. The lowest BCUT2D eigenvalue weighted by Gasteiger charge is -2.39. The molecule has 5 nitrogen and oxygen atoms in total. The van der Waals surface area contributed by atoms with Gasteiger partial charge in [0.1, 0.15) is 0 Å². The molecule has 1 rings (SSSR count). The molecule has 0 bridgehead atoms. The third-order valence-electron chi connectivity index (χ3n) is 3.80. The lowest BCUT2D eigenvalue weighted by atomic mass is 9.78. The van der Waals surface area contributed by atoms with Gasteiger partial charge in [-0.2, -0.15) is 0 Å². The van der Waals surface area contributed by atoms with Gasteiger partial charge in [0.05, 0.1) is 17.1 Å². The van der Waals surface area contributed by atoms with Crippen LogP contribution in [0.4, 0.5) is 0 Å².